The molecule has 4 nitrogen and oxygen atoms in total. The highest BCUT2D eigenvalue weighted by Crippen LogP contribution is 2.31. The number of halogens is 3. The summed E-state index contributed by atoms with van der Waals surface area (Å²) >= 11 is 0. The van der Waals surface area contributed by atoms with Crippen molar-refractivity contribution in [2.24, 2.45) is 0 Å². The molecule has 0 heterocycles. The van der Waals surface area contributed by atoms with Crippen LogP contribution in [0.2, 0.25) is 0 Å². The van der Waals surface area contributed by atoms with Crippen LogP contribution in [-0.2, 0) is 15.7 Å². The molecule has 0 unspecified atom stereocenters. The molecule has 0 aliphatic heterocycles. The van der Waals surface area contributed by atoms with Crippen LogP contribution in [0.25, 0.3) is 0 Å². The number of carbonyl (C=O) groups is 2. The van der Waals surface area contributed by atoms with Gasteiger partial charge in [0.2, 0.25) is 0 Å². The molecule has 0 saturated carbocycles. The number of esters is 1. The second-order valence-corrected chi connectivity index (χ2v) is 6.15. The number of nitrogens with one attached hydrogen (secondary N) is 1. The van der Waals surface area contributed by atoms with E-state index in [9.17, 15) is 22.8 Å². The zero-order valence-electron chi connectivity index (χ0n) is 15.2. The summed E-state index contributed by atoms with van der Waals surface area (Å²) in [5.41, 5.74) is -1.53. The highest BCUT2D eigenvalue weighted by molar-refractivity contribution is 5.98. The summed E-state index contributed by atoms with van der Waals surface area (Å²) < 4.78 is 43.8. The minimum Gasteiger partial charge on any atom is -0.467 e. The number of benzene rings is 1. The van der Waals surface area contributed by atoms with Crippen molar-refractivity contribution < 1.29 is 27.5 Å². The molecular weight excluding hydrogens is 347 g/mol. The van der Waals surface area contributed by atoms with Crippen LogP contribution in [-0.4, -0.2) is 25.0 Å². The van der Waals surface area contributed by atoms with Crippen LogP contribution in [0.15, 0.2) is 24.3 Å². The maximum absolute atomic E-state index is 13.0. The SMILES string of the molecule is CCCCCCCC[C@@H](NC(=O)c1ccccc1C(F)(F)F)C(=O)OC. The maximum atomic E-state index is 13.0. The van der Waals surface area contributed by atoms with Crippen molar-refractivity contribution in [3.05, 3.63) is 35.4 Å². The molecule has 0 aromatic heterocycles. The van der Waals surface area contributed by atoms with Gasteiger partial charge in [-0.1, -0.05) is 57.6 Å². The van der Waals surface area contributed by atoms with Gasteiger partial charge in [-0.15, -0.1) is 0 Å². The third-order valence-corrected chi connectivity index (χ3v) is 4.11. The van der Waals surface area contributed by atoms with Crippen LogP contribution >= 0.6 is 0 Å². The highest BCUT2D eigenvalue weighted by Gasteiger charge is 2.35. The fourth-order valence-corrected chi connectivity index (χ4v) is 2.68. The lowest BCUT2D eigenvalue weighted by Crippen LogP contribution is -2.42. The number of carbonyl (C=O) groups excluding carboxylic acids is 2. The molecule has 1 aromatic rings. The number of ether oxygens (including phenoxy) is 1. The smallest absolute Gasteiger partial charge is 0.417 e. The molecule has 0 bridgehead atoms. The first-order chi connectivity index (χ1) is 12.3. The second kappa shape index (κ2) is 10.8. The van der Waals surface area contributed by atoms with Crippen LogP contribution in [0.3, 0.4) is 0 Å². The second-order valence-electron chi connectivity index (χ2n) is 6.15. The lowest BCUT2D eigenvalue weighted by Gasteiger charge is -2.18. The summed E-state index contributed by atoms with van der Waals surface area (Å²) in [5.74, 6) is -1.59. The van der Waals surface area contributed by atoms with E-state index in [-0.39, 0.29) is 0 Å². The first-order valence-corrected chi connectivity index (χ1v) is 8.86. The molecule has 0 radical (unpaired) electrons. The average molecular weight is 373 g/mol. The molecule has 1 aromatic carbocycles. The summed E-state index contributed by atoms with van der Waals surface area (Å²) in [7, 11) is 1.19. The Bertz CT molecular complexity index is 588. The van der Waals surface area contributed by atoms with E-state index in [2.05, 4.69) is 17.0 Å². The van der Waals surface area contributed by atoms with Gasteiger partial charge in [-0.2, -0.15) is 13.2 Å². The summed E-state index contributed by atoms with van der Waals surface area (Å²) in [5, 5.41) is 2.39. The van der Waals surface area contributed by atoms with Gasteiger partial charge < -0.3 is 10.1 Å². The average Bonchev–Trinajstić information content (AvgIpc) is 2.62. The minimum absolute atomic E-state index is 0.332. The molecule has 0 aliphatic rings. The van der Waals surface area contributed by atoms with E-state index < -0.39 is 35.2 Å². The van der Waals surface area contributed by atoms with Gasteiger partial charge in [-0.05, 0) is 18.6 Å². The molecule has 0 fully saturated rings. The predicted molar refractivity (Wildman–Crippen MR) is 92.7 cm³/mol. The Morgan fingerprint density at radius 3 is 2.31 bits per heavy atom. The Morgan fingerprint density at radius 2 is 1.69 bits per heavy atom. The van der Waals surface area contributed by atoms with Gasteiger partial charge in [-0.3, -0.25) is 4.79 Å². The number of hydrogen-bond donors (Lipinski definition) is 1. The summed E-state index contributed by atoms with van der Waals surface area (Å²) in [6.45, 7) is 2.11. The standard InChI is InChI=1S/C19H26F3NO3/c1-3-4-5-6-7-8-13-16(18(25)26-2)23-17(24)14-11-9-10-12-15(14)19(20,21)22/h9-12,16H,3-8,13H2,1-2H3,(H,23,24)/t16-/m1/s1. The summed E-state index contributed by atoms with van der Waals surface area (Å²) in [6, 6.07) is 3.55. The zero-order chi connectivity index (χ0) is 19.6. The molecule has 1 rings (SSSR count). The van der Waals surface area contributed by atoms with Crippen molar-refractivity contribution in [2.75, 3.05) is 7.11 Å². The fourth-order valence-electron chi connectivity index (χ4n) is 2.68. The van der Waals surface area contributed by atoms with Gasteiger partial charge in [0.15, 0.2) is 0 Å². The quantitative estimate of drug-likeness (QED) is 0.477. The van der Waals surface area contributed by atoms with Gasteiger partial charge in [0.25, 0.3) is 5.91 Å². The number of unbranched alkanes of at least 4 members (excludes halogenated alkanes) is 5. The molecule has 26 heavy (non-hydrogen) atoms. The first-order valence-electron chi connectivity index (χ1n) is 8.86. The Hall–Kier alpha value is -2.05. The van der Waals surface area contributed by atoms with E-state index in [1.165, 1.54) is 19.2 Å². The van der Waals surface area contributed by atoms with Gasteiger partial charge >= 0.3 is 12.1 Å². The van der Waals surface area contributed by atoms with Gasteiger partial charge in [-0.25, -0.2) is 4.79 Å². The summed E-state index contributed by atoms with van der Waals surface area (Å²) in [4.78, 5) is 24.2. The van der Waals surface area contributed by atoms with Gasteiger partial charge in [0, 0.05) is 0 Å². The molecule has 0 aliphatic carbocycles. The number of hydrogen-bond acceptors (Lipinski definition) is 3. The molecule has 1 N–H and O–H groups in total. The molecule has 0 spiro atoms. The lowest BCUT2D eigenvalue weighted by atomic mass is 10.0. The van der Waals surface area contributed by atoms with E-state index >= 15 is 0 Å². The summed E-state index contributed by atoms with van der Waals surface area (Å²) in [6.07, 6.45) is 1.65. The van der Waals surface area contributed by atoms with E-state index in [0.717, 1.165) is 44.2 Å². The zero-order valence-corrected chi connectivity index (χ0v) is 15.2. The van der Waals surface area contributed by atoms with Crippen molar-refractivity contribution in [3.8, 4) is 0 Å². The van der Waals surface area contributed by atoms with E-state index in [4.69, 9.17) is 0 Å². The first kappa shape index (κ1) is 22.0. The van der Waals surface area contributed by atoms with E-state index in [1.807, 2.05) is 0 Å². The van der Waals surface area contributed by atoms with Crippen molar-refractivity contribution in [1.29, 1.82) is 0 Å². The third-order valence-electron chi connectivity index (χ3n) is 4.11. The van der Waals surface area contributed by atoms with Crippen molar-refractivity contribution in [2.45, 2.75) is 64.1 Å². The monoisotopic (exact) mass is 373 g/mol. The number of methoxy groups -OCH3 is 1. The molecule has 1 atom stereocenters. The minimum atomic E-state index is -4.64. The van der Waals surface area contributed by atoms with Crippen molar-refractivity contribution in [1.82, 2.24) is 5.32 Å². The van der Waals surface area contributed by atoms with E-state index in [0.29, 0.717) is 12.8 Å². The van der Waals surface area contributed by atoms with Gasteiger partial charge in [0.05, 0.1) is 18.2 Å². The Kier molecular flexibility index (Phi) is 9.16. The van der Waals surface area contributed by atoms with Crippen molar-refractivity contribution in [3.63, 3.8) is 0 Å². The van der Waals surface area contributed by atoms with Crippen LogP contribution in [0, 0.1) is 0 Å². The Labute approximate surface area is 152 Å². The number of alkyl halides is 3. The number of amides is 1. The molecule has 146 valence electrons. The normalized spacial score (nSPS) is 12.5. The molecular formula is C19H26F3NO3. The molecule has 0 saturated heterocycles. The van der Waals surface area contributed by atoms with Crippen LogP contribution in [0.5, 0.6) is 0 Å². The number of rotatable bonds is 10. The van der Waals surface area contributed by atoms with Crippen LogP contribution < -0.4 is 5.32 Å². The molecule has 7 heteroatoms. The van der Waals surface area contributed by atoms with Gasteiger partial charge in [0.1, 0.15) is 6.04 Å². The predicted octanol–water partition coefficient (Wildman–Crippen LogP) is 4.73. The topological polar surface area (TPSA) is 55.4 Å². The lowest BCUT2D eigenvalue weighted by molar-refractivity contribution is -0.143. The van der Waals surface area contributed by atoms with Crippen molar-refractivity contribution >= 4 is 11.9 Å². The molecule has 1 amide bonds. The van der Waals surface area contributed by atoms with E-state index in [1.54, 1.807) is 0 Å². The third kappa shape index (κ3) is 7.06. The highest BCUT2D eigenvalue weighted by atomic mass is 19.4. The van der Waals surface area contributed by atoms with Crippen LogP contribution in [0.4, 0.5) is 13.2 Å². The Morgan fingerprint density at radius 1 is 1.08 bits per heavy atom. The Balaban J connectivity index is 2.73. The van der Waals surface area contributed by atoms with Crippen LogP contribution in [0.1, 0.15) is 67.8 Å². The fraction of sp³-hybridized carbons (Fsp3) is 0.579. The largest absolute Gasteiger partial charge is 0.467 e. The maximum Gasteiger partial charge on any atom is 0.417 e.